The average molecular weight is 488 g/mol. The lowest BCUT2D eigenvalue weighted by Gasteiger charge is -2.21. The molecule has 0 spiro atoms. The maximum Gasteiger partial charge on any atom is 0.228 e. The first-order valence-corrected chi connectivity index (χ1v) is 11.9. The molecule has 0 saturated carbocycles. The Labute approximate surface area is 208 Å². The average Bonchev–Trinajstić information content (AvgIpc) is 3.46. The Morgan fingerprint density at radius 3 is 2.77 bits per heavy atom. The molecule has 2 N–H and O–H groups in total. The zero-order valence-electron chi connectivity index (χ0n) is 19.6. The second-order valence-corrected chi connectivity index (χ2v) is 9.05. The van der Waals surface area contributed by atoms with Crippen molar-refractivity contribution in [3.8, 4) is 11.4 Å². The number of nitrogens with zero attached hydrogens (tertiary/aromatic N) is 3. The Morgan fingerprint density at radius 2 is 2.00 bits per heavy atom. The summed E-state index contributed by atoms with van der Waals surface area (Å²) >= 11 is 5.99. The second-order valence-electron chi connectivity index (χ2n) is 8.62. The molecule has 3 aromatic carbocycles. The van der Waals surface area contributed by atoms with Crippen LogP contribution in [0.4, 0.5) is 11.4 Å². The largest absolute Gasteiger partial charge is 0.398 e. The fourth-order valence-electron chi connectivity index (χ4n) is 4.46. The molecule has 7 nitrogen and oxygen atoms in total. The Kier molecular flexibility index (Phi) is 6.42. The maximum absolute atomic E-state index is 12.8. The molecule has 0 atom stereocenters. The number of carbonyl (C=O) groups excluding carboxylic acids is 1. The third-order valence-corrected chi connectivity index (χ3v) is 6.34. The monoisotopic (exact) mass is 487 g/mol. The summed E-state index contributed by atoms with van der Waals surface area (Å²) in [5.74, 6) is 1.63. The van der Waals surface area contributed by atoms with Gasteiger partial charge in [-0.3, -0.25) is 4.79 Å². The van der Waals surface area contributed by atoms with Gasteiger partial charge in [0.05, 0.1) is 17.5 Å². The van der Waals surface area contributed by atoms with E-state index in [1.165, 1.54) is 0 Å². The molecule has 5 rings (SSSR count). The molecular formula is C27H26ClN5O2. The van der Waals surface area contributed by atoms with Gasteiger partial charge in [-0.15, -0.1) is 0 Å². The van der Waals surface area contributed by atoms with Crippen LogP contribution < -0.4 is 10.2 Å². The number of aromatic nitrogens is 2. The van der Waals surface area contributed by atoms with Crippen molar-refractivity contribution in [2.45, 2.75) is 26.2 Å². The summed E-state index contributed by atoms with van der Waals surface area (Å²) in [5.41, 5.74) is 6.53. The molecule has 1 aliphatic rings. The summed E-state index contributed by atoms with van der Waals surface area (Å²) in [6.07, 6.45) is 2.21. The molecule has 2 heterocycles. The summed E-state index contributed by atoms with van der Waals surface area (Å²) in [4.78, 5) is 27.9. The van der Waals surface area contributed by atoms with Crippen LogP contribution in [0.15, 0.2) is 65.8 Å². The molecule has 0 aliphatic carbocycles. The predicted molar refractivity (Wildman–Crippen MR) is 141 cm³/mol. The highest BCUT2D eigenvalue weighted by Crippen LogP contribution is 2.28. The number of oxime groups is 1. The van der Waals surface area contributed by atoms with E-state index in [-0.39, 0.29) is 12.3 Å². The van der Waals surface area contributed by atoms with Gasteiger partial charge in [-0.05, 0) is 79.1 Å². The lowest BCUT2D eigenvalue weighted by molar-refractivity contribution is -0.115. The Hall–Kier alpha value is -3.84. The van der Waals surface area contributed by atoms with E-state index in [1.807, 2.05) is 67.6 Å². The van der Waals surface area contributed by atoms with Crippen molar-refractivity contribution in [1.29, 1.82) is 0 Å². The van der Waals surface area contributed by atoms with Crippen LogP contribution in [0.25, 0.3) is 22.4 Å². The smallest absolute Gasteiger partial charge is 0.228 e. The number of amides is 1. The zero-order valence-corrected chi connectivity index (χ0v) is 20.4. The van der Waals surface area contributed by atoms with Gasteiger partial charge in [-0.1, -0.05) is 22.8 Å². The molecule has 35 heavy (non-hydrogen) atoms. The topological polar surface area (TPSA) is 82.6 Å². The van der Waals surface area contributed by atoms with E-state index in [2.05, 4.69) is 25.3 Å². The van der Waals surface area contributed by atoms with Crippen LogP contribution in [0.3, 0.4) is 0 Å². The number of nitrogens with one attached hydrogen (secondary N) is 2. The lowest BCUT2D eigenvalue weighted by Crippen LogP contribution is -2.25. The molecule has 0 radical (unpaired) electrons. The van der Waals surface area contributed by atoms with Crippen LogP contribution in [0, 0.1) is 6.92 Å². The molecule has 4 aromatic rings. The van der Waals surface area contributed by atoms with Gasteiger partial charge in [-0.2, -0.15) is 0 Å². The maximum atomic E-state index is 12.8. The molecule has 0 unspecified atom stereocenters. The number of imidazole rings is 1. The van der Waals surface area contributed by atoms with Crippen LogP contribution in [0.5, 0.6) is 0 Å². The highest BCUT2D eigenvalue weighted by atomic mass is 35.5. The molecule has 0 bridgehead atoms. The van der Waals surface area contributed by atoms with Crippen molar-refractivity contribution in [2.75, 3.05) is 23.9 Å². The number of anilines is 2. The highest BCUT2D eigenvalue weighted by molar-refractivity contribution is 6.30. The fourth-order valence-corrected chi connectivity index (χ4v) is 4.58. The third-order valence-electron chi connectivity index (χ3n) is 6.09. The molecule has 178 valence electrons. The van der Waals surface area contributed by atoms with E-state index in [0.717, 1.165) is 70.1 Å². The first-order chi connectivity index (χ1) is 17.0. The van der Waals surface area contributed by atoms with Crippen molar-refractivity contribution in [3.05, 3.63) is 76.8 Å². The minimum Gasteiger partial charge on any atom is -0.398 e. The van der Waals surface area contributed by atoms with Crippen molar-refractivity contribution in [1.82, 2.24) is 9.97 Å². The summed E-state index contributed by atoms with van der Waals surface area (Å²) in [7, 11) is 1.57. The molecule has 1 saturated heterocycles. The number of amidine groups is 1. The lowest BCUT2D eigenvalue weighted by atomic mass is 10.1. The summed E-state index contributed by atoms with van der Waals surface area (Å²) in [5, 5.41) is 7.85. The van der Waals surface area contributed by atoms with E-state index >= 15 is 0 Å². The van der Waals surface area contributed by atoms with Crippen LogP contribution in [-0.4, -0.2) is 35.4 Å². The summed E-state index contributed by atoms with van der Waals surface area (Å²) < 4.78 is 0. The molecule has 1 amide bonds. The van der Waals surface area contributed by atoms with Gasteiger partial charge in [0.25, 0.3) is 0 Å². The number of carbonyl (C=O) groups is 1. The molecule has 1 fully saturated rings. The van der Waals surface area contributed by atoms with Crippen LogP contribution in [0.1, 0.15) is 24.0 Å². The van der Waals surface area contributed by atoms with E-state index in [4.69, 9.17) is 16.4 Å². The number of rotatable bonds is 6. The fraction of sp³-hybridized carbons (Fsp3) is 0.222. The minimum absolute atomic E-state index is 0.0725. The minimum atomic E-state index is -0.0725. The Morgan fingerprint density at radius 1 is 1.17 bits per heavy atom. The van der Waals surface area contributed by atoms with Gasteiger partial charge in [0, 0.05) is 34.9 Å². The van der Waals surface area contributed by atoms with Gasteiger partial charge >= 0.3 is 0 Å². The number of H-pyrrole nitrogens is 1. The van der Waals surface area contributed by atoms with Crippen LogP contribution in [0.2, 0.25) is 5.02 Å². The number of aryl methyl sites for hydroxylation is 1. The zero-order chi connectivity index (χ0) is 24.4. The van der Waals surface area contributed by atoms with Gasteiger partial charge in [-0.25, -0.2) is 4.98 Å². The van der Waals surface area contributed by atoms with E-state index in [1.54, 1.807) is 7.11 Å². The molecule has 1 aliphatic heterocycles. The predicted octanol–water partition coefficient (Wildman–Crippen LogP) is 5.93. The Bertz CT molecular complexity index is 1410. The first kappa shape index (κ1) is 22.9. The number of fused-ring (bicyclic) bond motifs is 1. The van der Waals surface area contributed by atoms with Gasteiger partial charge in [0.1, 0.15) is 18.8 Å². The molecular weight excluding hydrogens is 462 g/mol. The van der Waals surface area contributed by atoms with Crippen LogP contribution in [-0.2, 0) is 16.1 Å². The first-order valence-electron chi connectivity index (χ1n) is 11.5. The van der Waals surface area contributed by atoms with Crippen molar-refractivity contribution >= 4 is 45.8 Å². The SMILES string of the molecule is CON=C1CCCN1c1ccc(NC(=O)Cc2ccc3nc(-c4ccc(Cl)cc4)[nH]c3c2)cc1C. The van der Waals surface area contributed by atoms with Gasteiger partial charge < -0.3 is 20.0 Å². The summed E-state index contributed by atoms with van der Waals surface area (Å²) in [6.45, 7) is 2.95. The summed E-state index contributed by atoms with van der Waals surface area (Å²) in [6, 6.07) is 19.3. The third kappa shape index (κ3) is 5.00. The number of halogens is 1. The van der Waals surface area contributed by atoms with E-state index in [0.29, 0.717) is 5.02 Å². The highest BCUT2D eigenvalue weighted by Gasteiger charge is 2.22. The molecule has 1 aromatic heterocycles. The Balaban J connectivity index is 1.27. The quantitative estimate of drug-likeness (QED) is 0.330. The van der Waals surface area contributed by atoms with Crippen LogP contribution >= 0.6 is 11.6 Å². The standard InChI is InChI=1S/C27H26ClN5O2/c1-17-14-21(10-12-24(17)33-13-3-4-25(33)32-35-2)29-26(34)16-18-5-11-22-23(15-18)31-27(30-22)19-6-8-20(28)9-7-19/h5-12,14-15H,3-4,13,16H2,1-2H3,(H,29,34)(H,30,31). The van der Waals surface area contributed by atoms with E-state index in [9.17, 15) is 4.79 Å². The number of hydrogen-bond donors (Lipinski definition) is 2. The normalized spacial score (nSPS) is 14.6. The van der Waals surface area contributed by atoms with E-state index < -0.39 is 0 Å². The van der Waals surface area contributed by atoms with Crippen molar-refractivity contribution in [3.63, 3.8) is 0 Å². The number of aromatic amines is 1. The molecule has 8 heteroatoms. The van der Waals surface area contributed by atoms with Gasteiger partial charge in [0.2, 0.25) is 5.91 Å². The van der Waals surface area contributed by atoms with Gasteiger partial charge in [0.15, 0.2) is 0 Å². The van der Waals surface area contributed by atoms with Crippen molar-refractivity contribution < 1.29 is 9.63 Å². The second kappa shape index (κ2) is 9.80. The number of benzene rings is 3. The number of hydrogen-bond acceptors (Lipinski definition) is 4. The van der Waals surface area contributed by atoms with Crippen molar-refractivity contribution in [2.24, 2.45) is 5.16 Å².